The van der Waals surface area contributed by atoms with Crippen molar-refractivity contribution >= 4 is 29.3 Å². The first-order chi connectivity index (χ1) is 10.0. The number of amides is 2. The van der Waals surface area contributed by atoms with Crippen molar-refractivity contribution in [2.45, 2.75) is 12.5 Å². The maximum absolute atomic E-state index is 12.1. The minimum absolute atomic E-state index is 0.245. The lowest BCUT2D eigenvalue weighted by Crippen LogP contribution is -2.42. The highest BCUT2D eigenvalue weighted by Gasteiger charge is 2.33. The Morgan fingerprint density at radius 1 is 1.52 bits per heavy atom. The summed E-state index contributed by atoms with van der Waals surface area (Å²) in [7, 11) is 1.31. The molecule has 2 rings (SSSR count). The molecule has 0 spiro atoms. The third-order valence-corrected chi connectivity index (χ3v) is 4.29. The van der Waals surface area contributed by atoms with E-state index in [-0.39, 0.29) is 18.4 Å². The largest absolute Gasteiger partial charge is 0.479 e. The maximum Gasteiger partial charge on any atom is 0.331 e. The Hall–Kier alpha value is -2.09. The quantitative estimate of drug-likeness (QED) is 0.811. The van der Waals surface area contributed by atoms with E-state index >= 15 is 0 Å². The molecule has 2 atom stereocenters. The first-order valence-corrected chi connectivity index (χ1v) is 7.30. The molecule has 2 amide bonds. The number of urea groups is 1. The molecule has 1 fully saturated rings. The monoisotopic (exact) mass is 312 g/mol. The SMILES string of the molecule is COC(=O)C1CCN(C(=O)NC(C(=O)O)c2cccs2)C1. The molecule has 2 N–H and O–H groups in total. The van der Waals surface area contributed by atoms with Gasteiger partial charge in [0.2, 0.25) is 0 Å². The summed E-state index contributed by atoms with van der Waals surface area (Å²) in [6.07, 6.45) is 0.525. The second-order valence-corrected chi connectivity index (χ2v) is 5.67. The van der Waals surface area contributed by atoms with Crippen LogP contribution >= 0.6 is 11.3 Å². The molecule has 8 heteroatoms. The van der Waals surface area contributed by atoms with Crippen LogP contribution in [-0.2, 0) is 14.3 Å². The van der Waals surface area contributed by atoms with Gasteiger partial charge in [0.05, 0.1) is 13.0 Å². The fraction of sp³-hybridized carbons (Fsp3) is 0.462. The number of carbonyl (C=O) groups excluding carboxylic acids is 2. The topological polar surface area (TPSA) is 95.9 Å². The van der Waals surface area contributed by atoms with Crippen molar-refractivity contribution in [1.29, 1.82) is 0 Å². The lowest BCUT2D eigenvalue weighted by Gasteiger charge is -2.20. The van der Waals surface area contributed by atoms with Gasteiger partial charge in [-0.2, -0.15) is 0 Å². The van der Waals surface area contributed by atoms with Crippen molar-refractivity contribution in [3.63, 3.8) is 0 Å². The molecule has 0 bridgehead atoms. The molecule has 114 valence electrons. The van der Waals surface area contributed by atoms with Crippen LogP contribution < -0.4 is 5.32 Å². The number of thiophene rings is 1. The molecule has 2 unspecified atom stereocenters. The molecule has 21 heavy (non-hydrogen) atoms. The van der Waals surface area contributed by atoms with Crippen LogP contribution in [0.1, 0.15) is 17.3 Å². The molecule has 1 aromatic heterocycles. The molecule has 2 heterocycles. The predicted octanol–water partition coefficient (Wildman–Crippen LogP) is 1.08. The zero-order chi connectivity index (χ0) is 15.4. The van der Waals surface area contributed by atoms with Crippen molar-refractivity contribution < 1.29 is 24.2 Å². The number of ether oxygens (including phenoxy) is 1. The minimum atomic E-state index is -1.12. The predicted molar refractivity (Wildman–Crippen MR) is 74.9 cm³/mol. The van der Waals surface area contributed by atoms with Crippen LogP contribution in [0, 0.1) is 5.92 Å². The highest BCUT2D eigenvalue weighted by molar-refractivity contribution is 7.10. The summed E-state index contributed by atoms with van der Waals surface area (Å²) in [5.41, 5.74) is 0. The maximum atomic E-state index is 12.1. The Morgan fingerprint density at radius 3 is 2.86 bits per heavy atom. The van der Waals surface area contributed by atoms with Crippen LogP contribution in [-0.4, -0.2) is 48.2 Å². The van der Waals surface area contributed by atoms with Crippen LogP contribution in [0.4, 0.5) is 4.79 Å². The van der Waals surface area contributed by atoms with Gasteiger partial charge < -0.3 is 20.1 Å². The first-order valence-electron chi connectivity index (χ1n) is 6.42. The number of nitrogens with one attached hydrogen (secondary N) is 1. The first kappa shape index (κ1) is 15.3. The molecule has 1 saturated heterocycles. The number of esters is 1. The van der Waals surface area contributed by atoms with Gasteiger partial charge in [-0.3, -0.25) is 4.79 Å². The third kappa shape index (κ3) is 3.52. The second kappa shape index (κ2) is 6.57. The lowest BCUT2D eigenvalue weighted by molar-refractivity contribution is -0.145. The molecule has 0 aliphatic carbocycles. The Labute approximate surface area is 125 Å². The van der Waals surface area contributed by atoms with E-state index in [0.29, 0.717) is 17.8 Å². The van der Waals surface area contributed by atoms with Gasteiger partial charge in [-0.25, -0.2) is 9.59 Å². The van der Waals surface area contributed by atoms with E-state index in [1.165, 1.54) is 23.3 Å². The van der Waals surface area contributed by atoms with E-state index in [0.717, 1.165) is 0 Å². The van der Waals surface area contributed by atoms with Gasteiger partial charge in [0.25, 0.3) is 0 Å². The molecule has 7 nitrogen and oxygen atoms in total. The van der Waals surface area contributed by atoms with E-state index in [9.17, 15) is 19.5 Å². The van der Waals surface area contributed by atoms with Crippen LogP contribution in [0.5, 0.6) is 0 Å². The Balaban J connectivity index is 1.98. The van der Waals surface area contributed by atoms with Crippen LogP contribution in [0.15, 0.2) is 17.5 Å². The number of rotatable bonds is 4. The molecule has 1 aliphatic rings. The number of carbonyl (C=O) groups is 3. The van der Waals surface area contributed by atoms with Gasteiger partial charge >= 0.3 is 18.0 Å². The summed E-state index contributed by atoms with van der Waals surface area (Å²) in [5.74, 6) is -1.81. The molecule has 1 aromatic rings. The lowest BCUT2D eigenvalue weighted by atomic mass is 10.1. The summed E-state index contributed by atoms with van der Waals surface area (Å²) in [6.45, 7) is 0.650. The Bertz CT molecular complexity index is 531. The van der Waals surface area contributed by atoms with Gasteiger partial charge in [0, 0.05) is 18.0 Å². The summed E-state index contributed by atoms with van der Waals surface area (Å²) in [5, 5.41) is 13.4. The van der Waals surface area contributed by atoms with Crippen molar-refractivity contribution in [2.75, 3.05) is 20.2 Å². The number of aliphatic carboxylic acids is 1. The molecule has 0 aromatic carbocycles. The third-order valence-electron chi connectivity index (χ3n) is 3.35. The highest BCUT2D eigenvalue weighted by atomic mass is 32.1. The van der Waals surface area contributed by atoms with Gasteiger partial charge in [-0.1, -0.05) is 6.07 Å². The molecule has 0 saturated carbocycles. The van der Waals surface area contributed by atoms with Crippen LogP contribution in [0.25, 0.3) is 0 Å². The van der Waals surface area contributed by atoms with Crippen molar-refractivity contribution in [1.82, 2.24) is 10.2 Å². The number of hydrogen-bond acceptors (Lipinski definition) is 5. The molecular formula is C13H16N2O5S. The van der Waals surface area contributed by atoms with Crippen molar-refractivity contribution in [3.05, 3.63) is 22.4 Å². The summed E-state index contributed by atoms with van der Waals surface area (Å²) < 4.78 is 4.65. The van der Waals surface area contributed by atoms with E-state index in [2.05, 4.69) is 10.1 Å². The number of carboxylic acids is 1. The molecular weight excluding hydrogens is 296 g/mol. The van der Waals surface area contributed by atoms with Crippen LogP contribution in [0.3, 0.4) is 0 Å². The zero-order valence-electron chi connectivity index (χ0n) is 11.4. The fourth-order valence-corrected chi connectivity index (χ4v) is 3.00. The summed E-state index contributed by atoms with van der Waals surface area (Å²) in [4.78, 5) is 36.8. The van der Waals surface area contributed by atoms with E-state index < -0.39 is 18.0 Å². The number of nitrogens with zero attached hydrogens (tertiary/aromatic N) is 1. The summed E-state index contributed by atoms with van der Waals surface area (Å²) in [6, 6.07) is 1.83. The van der Waals surface area contributed by atoms with Crippen molar-refractivity contribution in [2.24, 2.45) is 5.92 Å². The smallest absolute Gasteiger partial charge is 0.331 e. The van der Waals surface area contributed by atoms with Crippen molar-refractivity contribution in [3.8, 4) is 0 Å². The van der Waals surface area contributed by atoms with Gasteiger partial charge in [0.1, 0.15) is 0 Å². The summed E-state index contributed by atoms with van der Waals surface area (Å²) >= 11 is 1.26. The average molecular weight is 312 g/mol. The van der Waals surface area contributed by atoms with E-state index in [1.54, 1.807) is 17.5 Å². The van der Waals surface area contributed by atoms with Crippen LogP contribution in [0.2, 0.25) is 0 Å². The molecule has 0 radical (unpaired) electrons. The number of carboxylic acid groups (broad SMARTS) is 1. The zero-order valence-corrected chi connectivity index (χ0v) is 12.3. The minimum Gasteiger partial charge on any atom is -0.479 e. The Morgan fingerprint density at radius 2 is 2.29 bits per heavy atom. The average Bonchev–Trinajstić information content (AvgIpc) is 3.14. The Kier molecular flexibility index (Phi) is 4.79. The number of hydrogen-bond donors (Lipinski definition) is 2. The van der Waals surface area contributed by atoms with Gasteiger partial charge in [-0.05, 0) is 17.9 Å². The number of likely N-dealkylation sites (tertiary alicyclic amines) is 1. The van der Waals surface area contributed by atoms with E-state index in [1.807, 2.05) is 0 Å². The fourth-order valence-electron chi connectivity index (χ4n) is 2.23. The van der Waals surface area contributed by atoms with E-state index in [4.69, 9.17) is 0 Å². The standard InChI is InChI=1S/C13H16N2O5S/c1-20-12(18)8-4-5-15(7-8)13(19)14-10(11(16)17)9-3-2-6-21-9/h2-3,6,8,10H,4-5,7H2,1H3,(H,14,19)(H,16,17). The van der Waals surface area contributed by atoms with Gasteiger partial charge in [-0.15, -0.1) is 11.3 Å². The molecule has 1 aliphatic heterocycles. The normalized spacial score (nSPS) is 19.1. The highest BCUT2D eigenvalue weighted by Crippen LogP contribution is 2.21. The number of methoxy groups -OCH3 is 1. The van der Waals surface area contributed by atoms with Gasteiger partial charge in [0.15, 0.2) is 6.04 Å². The second-order valence-electron chi connectivity index (χ2n) is 4.69.